The SMILES string of the molecule is CCCO[C@H]1CC[C@@H](C(=O)O)C[C@@H]1N. The molecule has 0 aromatic heterocycles. The minimum Gasteiger partial charge on any atom is -0.481 e. The van der Waals surface area contributed by atoms with E-state index < -0.39 is 5.97 Å². The molecule has 1 rings (SSSR count). The van der Waals surface area contributed by atoms with Gasteiger partial charge in [0.15, 0.2) is 0 Å². The maximum Gasteiger partial charge on any atom is 0.306 e. The predicted octanol–water partition coefficient (Wildman–Crippen LogP) is 0.994. The minimum absolute atomic E-state index is 0.0607. The number of hydrogen-bond acceptors (Lipinski definition) is 3. The minimum atomic E-state index is -0.727. The smallest absolute Gasteiger partial charge is 0.306 e. The van der Waals surface area contributed by atoms with Gasteiger partial charge in [-0.25, -0.2) is 0 Å². The predicted molar refractivity (Wildman–Crippen MR) is 53.0 cm³/mol. The van der Waals surface area contributed by atoms with Gasteiger partial charge in [0, 0.05) is 12.6 Å². The van der Waals surface area contributed by atoms with Gasteiger partial charge in [0.05, 0.1) is 12.0 Å². The summed E-state index contributed by atoms with van der Waals surface area (Å²) in [4.78, 5) is 10.7. The van der Waals surface area contributed by atoms with Gasteiger partial charge in [0.1, 0.15) is 0 Å². The molecule has 0 aliphatic heterocycles. The lowest BCUT2D eigenvalue weighted by molar-refractivity contribution is -0.144. The Bertz CT molecular complexity index is 196. The van der Waals surface area contributed by atoms with Crippen molar-refractivity contribution in [3.8, 4) is 0 Å². The molecule has 14 heavy (non-hydrogen) atoms. The molecule has 3 atom stereocenters. The Hall–Kier alpha value is -0.610. The van der Waals surface area contributed by atoms with Crippen molar-refractivity contribution < 1.29 is 14.6 Å². The molecule has 0 bridgehead atoms. The third kappa shape index (κ3) is 2.96. The molecule has 1 aliphatic rings. The maximum atomic E-state index is 10.7. The van der Waals surface area contributed by atoms with Crippen molar-refractivity contribution in [3.05, 3.63) is 0 Å². The summed E-state index contributed by atoms with van der Waals surface area (Å²) >= 11 is 0. The summed E-state index contributed by atoms with van der Waals surface area (Å²) in [6, 6.07) is -0.114. The molecule has 0 aromatic rings. The van der Waals surface area contributed by atoms with E-state index in [0.717, 1.165) is 19.4 Å². The molecule has 1 fully saturated rings. The lowest BCUT2D eigenvalue weighted by atomic mass is 9.84. The average Bonchev–Trinajstić information content (AvgIpc) is 2.15. The zero-order valence-electron chi connectivity index (χ0n) is 8.61. The van der Waals surface area contributed by atoms with Gasteiger partial charge in [0.25, 0.3) is 0 Å². The lowest BCUT2D eigenvalue weighted by Gasteiger charge is -2.31. The Morgan fingerprint density at radius 2 is 2.29 bits per heavy atom. The first-order chi connectivity index (χ1) is 6.65. The van der Waals surface area contributed by atoms with Gasteiger partial charge in [0.2, 0.25) is 0 Å². The number of rotatable bonds is 4. The summed E-state index contributed by atoms with van der Waals surface area (Å²) in [7, 11) is 0. The summed E-state index contributed by atoms with van der Waals surface area (Å²) in [6.45, 7) is 2.77. The Kier molecular flexibility index (Phi) is 4.35. The molecule has 3 N–H and O–H groups in total. The van der Waals surface area contributed by atoms with Crippen LogP contribution >= 0.6 is 0 Å². The van der Waals surface area contributed by atoms with Crippen LogP contribution in [0.1, 0.15) is 32.6 Å². The molecule has 1 saturated carbocycles. The molecule has 0 saturated heterocycles. The van der Waals surface area contributed by atoms with Crippen molar-refractivity contribution in [1.82, 2.24) is 0 Å². The van der Waals surface area contributed by atoms with E-state index in [4.69, 9.17) is 15.6 Å². The van der Waals surface area contributed by atoms with Crippen LogP contribution in [0.15, 0.2) is 0 Å². The molecular formula is C10H19NO3. The van der Waals surface area contributed by atoms with Crippen molar-refractivity contribution in [2.75, 3.05) is 6.61 Å². The number of carbonyl (C=O) groups is 1. The van der Waals surface area contributed by atoms with E-state index in [9.17, 15) is 4.79 Å². The van der Waals surface area contributed by atoms with Crippen molar-refractivity contribution in [1.29, 1.82) is 0 Å². The van der Waals surface area contributed by atoms with Crippen LogP contribution < -0.4 is 5.73 Å². The highest BCUT2D eigenvalue weighted by molar-refractivity contribution is 5.70. The second-order valence-corrected chi connectivity index (χ2v) is 3.92. The van der Waals surface area contributed by atoms with Gasteiger partial charge < -0.3 is 15.6 Å². The molecule has 0 heterocycles. The fourth-order valence-electron chi connectivity index (χ4n) is 1.88. The zero-order valence-corrected chi connectivity index (χ0v) is 8.61. The summed E-state index contributed by atoms with van der Waals surface area (Å²) in [5.41, 5.74) is 5.86. The number of carboxylic acids is 1. The second-order valence-electron chi connectivity index (χ2n) is 3.92. The van der Waals surface area contributed by atoms with Crippen LogP contribution in [0, 0.1) is 5.92 Å². The molecule has 82 valence electrons. The molecule has 0 aromatic carbocycles. The Labute approximate surface area is 84.4 Å². The number of nitrogens with two attached hydrogens (primary N) is 1. The van der Waals surface area contributed by atoms with Crippen LogP contribution in [0.25, 0.3) is 0 Å². The van der Waals surface area contributed by atoms with Gasteiger partial charge in [-0.15, -0.1) is 0 Å². The number of carboxylic acid groups (broad SMARTS) is 1. The van der Waals surface area contributed by atoms with Crippen molar-refractivity contribution in [2.24, 2.45) is 11.7 Å². The highest BCUT2D eigenvalue weighted by Crippen LogP contribution is 2.25. The Morgan fingerprint density at radius 1 is 1.57 bits per heavy atom. The van der Waals surface area contributed by atoms with Gasteiger partial charge >= 0.3 is 5.97 Å². The standard InChI is InChI=1S/C10H19NO3/c1-2-5-14-9-4-3-7(10(12)13)6-8(9)11/h7-9H,2-6,11H2,1H3,(H,12,13)/t7-,8+,9+/m1/s1. The molecule has 0 radical (unpaired) electrons. The highest BCUT2D eigenvalue weighted by Gasteiger charge is 2.31. The largest absolute Gasteiger partial charge is 0.481 e. The van der Waals surface area contributed by atoms with Crippen LogP contribution in [0.5, 0.6) is 0 Å². The van der Waals surface area contributed by atoms with Gasteiger partial charge in [-0.2, -0.15) is 0 Å². The monoisotopic (exact) mass is 201 g/mol. The Morgan fingerprint density at radius 3 is 2.79 bits per heavy atom. The van der Waals surface area contributed by atoms with Gasteiger partial charge in [-0.1, -0.05) is 6.92 Å². The zero-order chi connectivity index (χ0) is 10.6. The molecule has 0 unspecified atom stereocenters. The third-order valence-corrected chi connectivity index (χ3v) is 2.72. The van der Waals surface area contributed by atoms with E-state index in [1.807, 2.05) is 0 Å². The number of ether oxygens (including phenoxy) is 1. The van der Waals surface area contributed by atoms with Crippen molar-refractivity contribution in [3.63, 3.8) is 0 Å². The average molecular weight is 201 g/mol. The number of aliphatic carboxylic acids is 1. The second kappa shape index (κ2) is 5.32. The normalized spacial score (nSPS) is 32.9. The third-order valence-electron chi connectivity index (χ3n) is 2.72. The van der Waals surface area contributed by atoms with E-state index in [0.29, 0.717) is 12.8 Å². The summed E-state index contributed by atoms with van der Waals surface area (Å²) in [5.74, 6) is -0.999. The quantitative estimate of drug-likeness (QED) is 0.711. The first-order valence-corrected chi connectivity index (χ1v) is 5.25. The maximum absolute atomic E-state index is 10.7. The van der Waals surface area contributed by atoms with E-state index >= 15 is 0 Å². The van der Waals surface area contributed by atoms with Crippen LogP contribution in [-0.2, 0) is 9.53 Å². The fourth-order valence-corrected chi connectivity index (χ4v) is 1.88. The van der Waals surface area contributed by atoms with E-state index in [2.05, 4.69) is 6.92 Å². The van der Waals surface area contributed by atoms with E-state index in [-0.39, 0.29) is 18.1 Å². The first kappa shape index (κ1) is 11.5. The van der Waals surface area contributed by atoms with Crippen LogP contribution in [0.4, 0.5) is 0 Å². The first-order valence-electron chi connectivity index (χ1n) is 5.25. The summed E-state index contributed by atoms with van der Waals surface area (Å²) < 4.78 is 5.55. The number of hydrogen-bond donors (Lipinski definition) is 2. The topological polar surface area (TPSA) is 72.5 Å². The van der Waals surface area contributed by atoms with Crippen molar-refractivity contribution >= 4 is 5.97 Å². The molecule has 0 amide bonds. The molecule has 1 aliphatic carbocycles. The summed E-state index contributed by atoms with van der Waals surface area (Å²) in [6.07, 6.45) is 3.05. The van der Waals surface area contributed by atoms with Crippen molar-refractivity contribution in [2.45, 2.75) is 44.8 Å². The van der Waals surface area contributed by atoms with Gasteiger partial charge in [-0.3, -0.25) is 4.79 Å². The molecular weight excluding hydrogens is 182 g/mol. The highest BCUT2D eigenvalue weighted by atomic mass is 16.5. The molecule has 4 nitrogen and oxygen atoms in total. The van der Waals surface area contributed by atoms with E-state index in [1.165, 1.54) is 0 Å². The van der Waals surface area contributed by atoms with Crippen LogP contribution in [0.2, 0.25) is 0 Å². The van der Waals surface area contributed by atoms with Crippen LogP contribution in [0.3, 0.4) is 0 Å². The Balaban J connectivity index is 2.35. The molecule has 4 heteroatoms. The summed E-state index contributed by atoms with van der Waals surface area (Å²) in [5, 5.41) is 8.82. The van der Waals surface area contributed by atoms with Crippen LogP contribution in [-0.4, -0.2) is 29.8 Å². The fraction of sp³-hybridized carbons (Fsp3) is 0.900. The molecule has 0 spiro atoms. The van der Waals surface area contributed by atoms with E-state index in [1.54, 1.807) is 0 Å². The lowest BCUT2D eigenvalue weighted by Crippen LogP contribution is -2.43. The van der Waals surface area contributed by atoms with Gasteiger partial charge in [-0.05, 0) is 25.7 Å².